The molecule has 0 heterocycles. The lowest BCUT2D eigenvalue weighted by Crippen LogP contribution is -2.28. The van der Waals surface area contributed by atoms with E-state index >= 15 is 0 Å². The predicted octanol–water partition coefficient (Wildman–Crippen LogP) is 0.201. The fraction of sp³-hybridized carbons (Fsp3) is 0.857. The minimum absolute atomic E-state index is 0.0381. The van der Waals surface area contributed by atoms with Gasteiger partial charge in [0.2, 0.25) is 5.91 Å². The van der Waals surface area contributed by atoms with E-state index in [1.165, 1.54) is 0 Å². The molecule has 0 radical (unpaired) electrons. The van der Waals surface area contributed by atoms with Gasteiger partial charge in [-0.25, -0.2) is 0 Å². The average molecular weight is 162 g/mol. The molecule has 0 aliphatic rings. The van der Waals surface area contributed by atoms with Crippen molar-refractivity contribution in [2.24, 2.45) is 5.73 Å². The molecule has 0 aliphatic heterocycles. The Labute approximate surface area is 66.1 Å². The Balaban J connectivity index is 3.09. The maximum atomic E-state index is 11.5. The van der Waals surface area contributed by atoms with Crippen LogP contribution in [0, 0.1) is 0 Å². The van der Waals surface area contributed by atoms with E-state index in [9.17, 15) is 9.18 Å². The first-order chi connectivity index (χ1) is 5.31. The Morgan fingerprint density at radius 1 is 1.45 bits per heavy atom. The molecule has 3 nitrogen and oxygen atoms in total. The smallest absolute Gasteiger partial charge is 0.220 e. The Kier molecular flexibility index (Phi) is 7.03. The van der Waals surface area contributed by atoms with E-state index in [1.807, 2.05) is 0 Å². The van der Waals surface area contributed by atoms with Crippen molar-refractivity contribution in [3.63, 3.8) is 0 Å². The van der Waals surface area contributed by atoms with Gasteiger partial charge < -0.3 is 11.1 Å². The Bertz CT molecular complexity index is 109. The SMILES string of the molecule is NCCNC(=O)CCCCF. The molecule has 3 N–H and O–H groups in total. The van der Waals surface area contributed by atoms with Gasteiger partial charge in [0.1, 0.15) is 0 Å². The molecular formula is C7H15FN2O. The van der Waals surface area contributed by atoms with Crippen molar-refractivity contribution in [2.75, 3.05) is 19.8 Å². The second-order valence-corrected chi connectivity index (χ2v) is 2.28. The summed E-state index contributed by atoms with van der Waals surface area (Å²) in [5, 5.41) is 2.60. The van der Waals surface area contributed by atoms with E-state index in [0.29, 0.717) is 32.4 Å². The van der Waals surface area contributed by atoms with E-state index in [0.717, 1.165) is 0 Å². The molecule has 0 aromatic rings. The van der Waals surface area contributed by atoms with Crippen molar-refractivity contribution in [3.05, 3.63) is 0 Å². The van der Waals surface area contributed by atoms with Crippen LogP contribution in [-0.4, -0.2) is 25.7 Å². The van der Waals surface area contributed by atoms with Crippen LogP contribution < -0.4 is 11.1 Å². The van der Waals surface area contributed by atoms with Crippen LogP contribution in [0.4, 0.5) is 4.39 Å². The van der Waals surface area contributed by atoms with Crippen LogP contribution in [0.3, 0.4) is 0 Å². The highest BCUT2D eigenvalue weighted by Crippen LogP contribution is 1.94. The summed E-state index contributed by atoms with van der Waals surface area (Å²) in [5.74, 6) is -0.0381. The van der Waals surface area contributed by atoms with Gasteiger partial charge in [-0.2, -0.15) is 0 Å². The first-order valence-corrected chi connectivity index (χ1v) is 3.84. The fourth-order valence-corrected chi connectivity index (χ4v) is 0.680. The van der Waals surface area contributed by atoms with Crippen molar-refractivity contribution >= 4 is 5.91 Å². The van der Waals surface area contributed by atoms with Crippen molar-refractivity contribution in [1.82, 2.24) is 5.32 Å². The van der Waals surface area contributed by atoms with Crippen LogP contribution in [-0.2, 0) is 4.79 Å². The summed E-state index contributed by atoms with van der Waals surface area (Å²) in [6, 6.07) is 0. The highest BCUT2D eigenvalue weighted by molar-refractivity contribution is 5.75. The average Bonchev–Trinajstić information content (AvgIpc) is 2.01. The molecule has 4 heteroatoms. The molecule has 0 unspecified atom stereocenters. The molecule has 0 spiro atoms. The summed E-state index contributed by atoms with van der Waals surface area (Å²) in [6.45, 7) is 0.619. The van der Waals surface area contributed by atoms with Crippen LogP contribution >= 0.6 is 0 Å². The van der Waals surface area contributed by atoms with E-state index < -0.39 is 0 Å². The van der Waals surface area contributed by atoms with Gasteiger partial charge in [-0.05, 0) is 12.8 Å². The minimum Gasteiger partial charge on any atom is -0.355 e. The molecule has 0 aliphatic carbocycles. The third kappa shape index (κ3) is 7.25. The van der Waals surface area contributed by atoms with Crippen LogP contribution in [0.5, 0.6) is 0 Å². The van der Waals surface area contributed by atoms with Gasteiger partial charge in [-0.3, -0.25) is 9.18 Å². The van der Waals surface area contributed by atoms with Gasteiger partial charge in [0.05, 0.1) is 6.67 Å². The fourth-order valence-electron chi connectivity index (χ4n) is 0.680. The molecule has 0 rings (SSSR count). The Morgan fingerprint density at radius 2 is 2.18 bits per heavy atom. The summed E-state index contributed by atoms with van der Waals surface area (Å²) in [7, 11) is 0. The lowest BCUT2D eigenvalue weighted by molar-refractivity contribution is -0.121. The third-order valence-electron chi connectivity index (χ3n) is 1.25. The Morgan fingerprint density at radius 3 is 2.73 bits per heavy atom. The second kappa shape index (κ2) is 7.47. The highest BCUT2D eigenvalue weighted by atomic mass is 19.1. The number of nitrogens with two attached hydrogens (primary N) is 1. The molecular weight excluding hydrogens is 147 g/mol. The lowest BCUT2D eigenvalue weighted by atomic mass is 10.2. The number of carbonyl (C=O) groups is 1. The van der Waals surface area contributed by atoms with Gasteiger partial charge in [0, 0.05) is 19.5 Å². The second-order valence-electron chi connectivity index (χ2n) is 2.28. The zero-order valence-corrected chi connectivity index (χ0v) is 6.61. The summed E-state index contributed by atoms with van der Waals surface area (Å²) in [4.78, 5) is 10.8. The third-order valence-corrected chi connectivity index (χ3v) is 1.25. The number of carbonyl (C=O) groups excluding carboxylic acids is 1. The van der Waals surface area contributed by atoms with Gasteiger partial charge >= 0.3 is 0 Å². The summed E-state index contributed by atoms with van der Waals surface area (Å²) in [5.41, 5.74) is 5.16. The largest absolute Gasteiger partial charge is 0.355 e. The van der Waals surface area contributed by atoms with Crippen LogP contribution in [0.25, 0.3) is 0 Å². The number of halogens is 1. The Hall–Kier alpha value is -0.640. The lowest BCUT2D eigenvalue weighted by Gasteiger charge is -2.01. The van der Waals surface area contributed by atoms with E-state index in [4.69, 9.17) is 5.73 Å². The summed E-state index contributed by atoms with van der Waals surface area (Å²) < 4.78 is 11.5. The molecule has 11 heavy (non-hydrogen) atoms. The number of nitrogens with one attached hydrogen (secondary N) is 1. The summed E-state index contributed by atoms with van der Waals surface area (Å²) >= 11 is 0. The topological polar surface area (TPSA) is 55.1 Å². The number of hydrogen-bond acceptors (Lipinski definition) is 2. The van der Waals surface area contributed by atoms with Gasteiger partial charge in [0.15, 0.2) is 0 Å². The molecule has 0 aromatic heterocycles. The highest BCUT2D eigenvalue weighted by Gasteiger charge is 1.98. The maximum absolute atomic E-state index is 11.5. The van der Waals surface area contributed by atoms with E-state index in [-0.39, 0.29) is 12.6 Å². The first kappa shape index (κ1) is 10.4. The first-order valence-electron chi connectivity index (χ1n) is 3.84. The molecule has 66 valence electrons. The molecule has 0 saturated heterocycles. The molecule has 0 aromatic carbocycles. The zero-order chi connectivity index (χ0) is 8.53. The number of amides is 1. The van der Waals surface area contributed by atoms with Crippen molar-refractivity contribution in [3.8, 4) is 0 Å². The van der Waals surface area contributed by atoms with Crippen LogP contribution in [0.15, 0.2) is 0 Å². The van der Waals surface area contributed by atoms with Crippen molar-refractivity contribution < 1.29 is 9.18 Å². The number of hydrogen-bond donors (Lipinski definition) is 2. The zero-order valence-electron chi connectivity index (χ0n) is 6.61. The normalized spacial score (nSPS) is 9.64. The van der Waals surface area contributed by atoms with E-state index in [2.05, 4.69) is 5.32 Å². The molecule has 0 bridgehead atoms. The van der Waals surface area contributed by atoms with Crippen LogP contribution in [0.1, 0.15) is 19.3 Å². The summed E-state index contributed by atoms with van der Waals surface area (Å²) in [6.07, 6.45) is 1.49. The molecule has 0 fully saturated rings. The molecule has 1 amide bonds. The molecule has 0 atom stereocenters. The number of unbranched alkanes of at least 4 members (excludes halogenated alkanes) is 1. The minimum atomic E-state index is -0.343. The van der Waals surface area contributed by atoms with Crippen LogP contribution in [0.2, 0.25) is 0 Å². The van der Waals surface area contributed by atoms with Gasteiger partial charge in [0.25, 0.3) is 0 Å². The maximum Gasteiger partial charge on any atom is 0.220 e. The monoisotopic (exact) mass is 162 g/mol. The van der Waals surface area contributed by atoms with Crippen molar-refractivity contribution in [2.45, 2.75) is 19.3 Å². The standard InChI is InChI=1S/C7H15FN2O/c8-4-2-1-3-7(11)10-6-5-9/h1-6,9H2,(H,10,11). The quantitative estimate of drug-likeness (QED) is 0.548. The van der Waals surface area contributed by atoms with Crippen molar-refractivity contribution in [1.29, 1.82) is 0 Å². The molecule has 0 saturated carbocycles. The number of rotatable bonds is 6. The number of alkyl halides is 1. The van der Waals surface area contributed by atoms with Gasteiger partial charge in [-0.15, -0.1) is 0 Å². The predicted molar refractivity (Wildman–Crippen MR) is 41.9 cm³/mol. The van der Waals surface area contributed by atoms with E-state index in [1.54, 1.807) is 0 Å². The van der Waals surface area contributed by atoms with Gasteiger partial charge in [-0.1, -0.05) is 0 Å².